The monoisotopic (exact) mass is 508 g/mol. The second kappa shape index (κ2) is 10.6. The zero-order chi connectivity index (χ0) is 24.9. The van der Waals surface area contributed by atoms with E-state index in [2.05, 4.69) is 5.32 Å². The molecule has 0 bridgehead atoms. The van der Waals surface area contributed by atoms with Crippen molar-refractivity contribution in [3.63, 3.8) is 0 Å². The van der Waals surface area contributed by atoms with Crippen molar-refractivity contribution in [2.45, 2.75) is 16.7 Å². The zero-order valence-electron chi connectivity index (χ0n) is 18.3. The Morgan fingerprint density at radius 2 is 1.66 bits per heavy atom. The van der Waals surface area contributed by atoms with Gasteiger partial charge in [0.1, 0.15) is 17.3 Å². The molecule has 0 saturated heterocycles. The van der Waals surface area contributed by atoms with E-state index in [1.54, 1.807) is 30.3 Å². The van der Waals surface area contributed by atoms with Gasteiger partial charge in [0.15, 0.2) is 0 Å². The third kappa shape index (κ3) is 6.38. The molecule has 1 amide bonds. The minimum absolute atomic E-state index is 0.0916. The Morgan fingerprint density at radius 3 is 2.31 bits per heavy atom. The highest BCUT2D eigenvalue weighted by Gasteiger charge is 2.13. The molecule has 9 heteroatoms. The molecule has 0 aliphatic rings. The lowest BCUT2D eigenvalue weighted by atomic mass is 10.2. The summed E-state index contributed by atoms with van der Waals surface area (Å²) in [6.45, 7) is 1.99. The third-order valence-corrected chi connectivity index (χ3v) is 6.13. The summed E-state index contributed by atoms with van der Waals surface area (Å²) in [5.41, 5.74) is 1.73. The molecule has 35 heavy (non-hydrogen) atoms. The van der Waals surface area contributed by atoms with Crippen LogP contribution in [-0.4, -0.2) is 10.8 Å². The number of anilines is 1. The fraction of sp³-hybridized carbons (Fsp3) is 0.0385. The predicted molar refractivity (Wildman–Crippen MR) is 134 cm³/mol. The number of carbonyl (C=O) groups is 1. The highest BCUT2D eigenvalue weighted by molar-refractivity contribution is 7.99. The van der Waals surface area contributed by atoms with E-state index in [0.717, 1.165) is 10.5 Å². The van der Waals surface area contributed by atoms with Gasteiger partial charge in [0.2, 0.25) is 0 Å². The number of hydrogen-bond donors (Lipinski definition) is 1. The van der Waals surface area contributed by atoms with E-state index < -0.39 is 16.6 Å². The van der Waals surface area contributed by atoms with Gasteiger partial charge in [-0.2, -0.15) is 0 Å². The van der Waals surface area contributed by atoms with Gasteiger partial charge >= 0.3 is 0 Å². The number of aryl methyl sites for hydroxylation is 1. The normalized spacial score (nSPS) is 10.6. The summed E-state index contributed by atoms with van der Waals surface area (Å²) in [5, 5.41) is 14.0. The van der Waals surface area contributed by atoms with Crippen molar-refractivity contribution in [3.8, 4) is 11.5 Å². The maximum atomic E-state index is 13.3. The smallest absolute Gasteiger partial charge is 0.274 e. The quantitative estimate of drug-likeness (QED) is 0.203. The first-order valence-electron chi connectivity index (χ1n) is 10.4. The average Bonchev–Trinajstić information content (AvgIpc) is 2.83. The van der Waals surface area contributed by atoms with Gasteiger partial charge in [0, 0.05) is 27.1 Å². The highest BCUT2D eigenvalue weighted by Crippen LogP contribution is 2.35. The number of nitro groups is 1. The summed E-state index contributed by atoms with van der Waals surface area (Å²) in [7, 11) is 0. The number of carbonyl (C=O) groups excluding carboxylic acids is 1. The number of benzene rings is 4. The van der Waals surface area contributed by atoms with Crippen molar-refractivity contribution in [3.05, 3.63) is 117 Å². The van der Waals surface area contributed by atoms with Crippen molar-refractivity contribution in [1.82, 2.24) is 0 Å². The Bertz CT molecular complexity index is 1400. The van der Waals surface area contributed by atoms with E-state index in [1.807, 2.05) is 31.2 Å². The van der Waals surface area contributed by atoms with Crippen LogP contribution in [0.4, 0.5) is 15.8 Å². The molecule has 0 fully saturated rings. The molecule has 0 saturated carbocycles. The van der Waals surface area contributed by atoms with Crippen molar-refractivity contribution in [1.29, 1.82) is 0 Å². The van der Waals surface area contributed by atoms with Gasteiger partial charge in [-0.25, -0.2) is 4.39 Å². The number of amides is 1. The molecule has 0 unspecified atom stereocenters. The number of halogens is 2. The van der Waals surface area contributed by atoms with Gasteiger partial charge in [-0.15, -0.1) is 0 Å². The Morgan fingerprint density at radius 1 is 0.943 bits per heavy atom. The van der Waals surface area contributed by atoms with Gasteiger partial charge in [0.05, 0.1) is 16.0 Å². The SMILES string of the molecule is Cc1ccc(Sc2cc(Oc3ccc(C(=O)Nc4ccc(F)c(Cl)c4)cc3)cc([N+](=O)[O-])c2)cc1. The Kier molecular flexibility index (Phi) is 7.33. The van der Waals surface area contributed by atoms with E-state index in [0.29, 0.717) is 27.6 Å². The van der Waals surface area contributed by atoms with Crippen LogP contribution < -0.4 is 10.1 Å². The number of hydrogen-bond acceptors (Lipinski definition) is 5. The summed E-state index contributed by atoms with van der Waals surface area (Å²) in [6.07, 6.45) is 0. The standard InChI is InChI=1S/C26H18ClFN2O4S/c1-16-2-9-22(10-3-16)35-23-14-19(30(32)33)13-21(15-23)34-20-7-4-17(5-8-20)26(31)29-18-6-11-25(28)24(27)12-18/h2-15H,1H3,(H,29,31). The number of rotatable bonds is 7. The van der Waals surface area contributed by atoms with Crippen molar-refractivity contribution < 1.29 is 18.8 Å². The lowest BCUT2D eigenvalue weighted by molar-refractivity contribution is -0.385. The Balaban J connectivity index is 1.49. The summed E-state index contributed by atoms with van der Waals surface area (Å²) >= 11 is 7.14. The van der Waals surface area contributed by atoms with Gasteiger partial charge < -0.3 is 10.1 Å². The van der Waals surface area contributed by atoms with Gasteiger partial charge in [-0.05, 0) is 67.6 Å². The Labute approximate surface area is 209 Å². The summed E-state index contributed by atoms with van der Waals surface area (Å²) in [4.78, 5) is 25.0. The highest BCUT2D eigenvalue weighted by atomic mass is 35.5. The number of ether oxygens (including phenoxy) is 1. The molecule has 6 nitrogen and oxygen atoms in total. The molecule has 0 heterocycles. The fourth-order valence-corrected chi connectivity index (χ4v) is 4.19. The zero-order valence-corrected chi connectivity index (χ0v) is 19.9. The summed E-state index contributed by atoms with van der Waals surface area (Å²) in [5.74, 6) is -0.288. The van der Waals surface area contributed by atoms with Gasteiger partial charge in [-0.1, -0.05) is 41.1 Å². The molecular weight excluding hydrogens is 491 g/mol. The van der Waals surface area contributed by atoms with E-state index in [1.165, 1.54) is 42.1 Å². The molecule has 4 aromatic carbocycles. The molecule has 0 aliphatic heterocycles. The number of non-ortho nitro benzene ring substituents is 1. The molecular formula is C26H18ClFN2O4S. The summed E-state index contributed by atoms with van der Waals surface area (Å²) in [6, 6.07) is 22.6. The predicted octanol–water partition coefficient (Wildman–Crippen LogP) is 7.89. The van der Waals surface area contributed by atoms with E-state index in [-0.39, 0.29) is 10.7 Å². The molecule has 0 aliphatic carbocycles. The molecule has 4 rings (SSSR count). The van der Waals surface area contributed by atoms with Crippen LogP contribution in [0.1, 0.15) is 15.9 Å². The maximum Gasteiger partial charge on any atom is 0.274 e. The molecule has 4 aromatic rings. The van der Waals surface area contributed by atoms with Gasteiger partial charge in [-0.3, -0.25) is 14.9 Å². The summed E-state index contributed by atoms with van der Waals surface area (Å²) < 4.78 is 19.1. The van der Waals surface area contributed by atoms with Crippen LogP contribution in [0.15, 0.2) is 94.7 Å². The van der Waals surface area contributed by atoms with Crippen molar-refractivity contribution in [2.75, 3.05) is 5.32 Å². The first-order valence-corrected chi connectivity index (χ1v) is 11.5. The van der Waals surface area contributed by atoms with Crippen LogP contribution in [0.25, 0.3) is 0 Å². The van der Waals surface area contributed by atoms with Crippen LogP contribution >= 0.6 is 23.4 Å². The first kappa shape index (κ1) is 24.3. The molecule has 176 valence electrons. The minimum atomic E-state index is -0.576. The fourth-order valence-electron chi connectivity index (χ4n) is 3.11. The van der Waals surface area contributed by atoms with Crippen LogP contribution in [0.3, 0.4) is 0 Å². The lowest BCUT2D eigenvalue weighted by Crippen LogP contribution is -2.11. The third-order valence-electron chi connectivity index (χ3n) is 4.86. The second-order valence-corrected chi connectivity index (χ2v) is 9.10. The number of nitro benzene ring substituents is 1. The molecule has 1 N–H and O–H groups in total. The van der Waals surface area contributed by atoms with E-state index in [9.17, 15) is 19.3 Å². The van der Waals surface area contributed by atoms with Gasteiger partial charge in [0.25, 0.3) is 11.6 Å². The molecule has 0 radical (unpaired) electrons. The second-order valence-electron chi connectivity index (χ2n) is 7.54. The van der Waals surface area contributed by atoms with Crippen LogP contribution in [0.5, 0.6) is 11.5 Å². The molecule has 0 aromatic heterocycles. The largest absolute Gasteiger partial charge is 0.457 e. The lowest BCUT2D eigenvalue weighted by Gasteiger charge is -2.10. The van der Waals surface area contributed by atoms with Crippen molar-refractivity contribution in [2.24, 2.45) is 0 Å². The average molecular weight is 509 g/mol. The number of nitrogens with zero attached hydrogens (tertiary/aromatic N) is 1. The number of nitrogens with one attached hydrogen (secondary N) is 1. The minimum Gasteiger partial charge on any atom is -0.457 e. The maximum absolute atomic E-state index is 13.3. The van der Waals surface area contributed by atoms with Crippen LogP contribution in [-0.2, 0) is 0 Å². The van der Waals surface area contributed by atoms with Crippen LogP contribution in [0, 0.1) is 22.9 Å². The van der Waals surface area contributed by atoms with E-state index in [4.69, 9.17) is 16.3 Å². The van der Waals surface area contributed by atoms with Crippen molar-refractivity contribution >= 4 is 40.6 Å². The van der Waals surface area contributed by atoms with E-state index >= 15 is 0 Å². The molecule has 0 spiro atoms. The van der Waals surface area contributed by atoms with Crippen LogP contribution in [0.2, 0.25) is 5.02 Å². The molecule has 0 atom stereocenters. The topological polar surface area (TPSA) is 81.5 Å². The first-order chi connectivity index (χ1) is 16.8. The Hall–Kier alpha value is -3.88.